The second-order valence-corrected chi connectivity index (χ2v) is 10.1. The van der Waals surface area contributed by atoms with Crippen molar-refractivity contribution >= 4 is 33.0 Å². The average Bonchev–Trinajstić information content (AvgIpc) is 3.32. The monoisotopic (exact) mass is 467 g/mol. The Labute approximate surface area is 192 Å². The van der Waals surface area contributed by atoms with Crippen molar-refractivity contribution in [2.75, 3.05) is 28.6 Å². The Kier molecular flexibility index (Phi) is 6.09. The third kappa shape index (κ3) is 4.29. The third-order valence-corrected chi connectivity index (χ3v) is 7.43. The van der Waals surface area contributed by atoms with E-state index in [1.54, 1.807) is 46.2 Å². The SMILES string of the molecule is CC(=O)N1c2ccc(-c3ccc(S(=O)(=O)CCN)cc3)cc2N(C(=O)c2ccco2)C[C@@H]1C. The maximum atomic E-state index is 13.2. The maximum absolute atomic E-state index is 13.2. The maximum Gasteiger partial charge on any atom is 0.294 e. The van der Waals surface area contributed by atoms with Gasteiger partial charge in [-0.3, -0.25) is 9.59 Å². The van der Waals surface area contributed by atoms with E-state index in [0.29, 0.717) is 17.9 Å². The lowest BCUT2D eigenvalue weighted by molar-refractivity contribution is -0.117. The van der Waals surface area contributed by atoms with Crippen LogP contribution in [0.2, 0.25) is 0 Å². The first kappa shape index (κ1) is 22.8. The van der Waals surface area contributed by atoms with Crippen molar-refractivity contribution in [3.05, 3.63) is 66.6 Å². The van der Waals surface area contributed by atoms with Gasteiger partial charge in [-0.15, -0.1) is 0 Å². The van der Waals surface area contributed by atoms with Crippen LogP contribution in [0.3, 0.4) is 0 Å². The number of sulfone groups is 1. The van der Waals surface area contributed by atoms with Gasteiger partial charge in [-0.25, -0.2) is 8.42 Å². The highest BCUT2D eigenvalue weighted by atomic mass is 32.2. The van der Waals surface area contributed by atoms with Crippen molar-refractivity contribution in [3.63, 3.8) is 0 Å². The number of fused-ring (bicyclic) bond motifs is 1. The van der Waals surface area contributed by atoms with E-state index in [-0.39, 0.29) is 40.8 Å². The fourth-order valence-electron chi connectivity index (χ4n) is 4.14. The van der Waals surface area contributed by atoms with Gasteiger partial charge in [0.05, 0.1) is 34.3 Å². The minimum absolute atomic E-state index is 0.0551. The van der Waals surface area contributed by atoms with Gasteiger partial charge in [-0.2, -0.15) is 0 Å². The average molecular weight is 468 g/mol. The van der Waals surface area contributed by atoms with Gasteiger partial charge < -0.3 is 20.0 Å². The molecule has 0 radical (unpaired) electrons. The summed E-state index contributed by atoms with van der Waals surface area (Å²) < 4.78 is 29.8. The van der Waals surface area contributed by atoms with Crippen LogP contribution < -0.4 is 15.5 Å². The molecule has 3 aromatic rings. The Hall–Kier alpha value is -3.43. The predicted octanol–water partition coefficient (Wildman–Crippen LogP) is 3.08. The van der Waals surface area contributed by atoms with Gasteiger partial charge in [0, 0.05) is 20.0 Å². The molecule has 0 bridgehead atoms. The zero-order valence-electron chi connectivity index (χ0n) is 18.4. The van der Waals surface area contributed by atoms with Crippen LogP contribution in [0.1, 0.15) is 24.4 Å². The smallest absolute Gasteiger partial charge is 0.294 e. The lowest BCUT2D eigenvalue weighted by Crippen LogP contribution is -2.51. The fourth-order valence-corrected chi connectivity index (χ4v) is 5.23. The fraction of sp³-hybridized carbons (Fsp3) is 0.250. The summed E-state index contributed by atoms with van der Waals surface area (Å²) in [6, 6.07) is 15.1. The van der Waals surface area contributed by atoms with Crippen LogP contribution in [-0.4, -0.2) is 45.1 Å². The first-order valence-electron chi connectivity index (χ1n) is 10.6. The lowest BCUT2D eigenvalue weighted by atomic mass is 10.0. The molecule has 0 saturated carbocycles. The molecule has 2 heterocycles. The van der Waals surface area contributed by atoms with E-state index in [4.69, 9.17) is 10.2 Å². The molecule has 1 atom stereocenters. The normalized spacial score (nSPS) is 15.9. The highest BCUT2D eigenvalue weighted by Crippen LogP contribution is 2.39. The van der Waals surface area contributed by atoms with Crippen LogP contribution in [0.4, 0.5) is 11.4 Å². The van der Waals surface area contributed by atoms with Gasteiger partial charge in [-0.1, -0.05) is 18.2 Å². The van der Waals surface area contributed by atoms with Crippen LogP contribution in [0.5, 0.6) is 0 Å². The number of hydrogen-bond donors (Lipinski definition) is 1. The van der Waals surface area contributed by atoms with Gasteiger partial charge in [0.1, 0.15) is 0 Å². The van der Waals surface area contributed by atoms with Gasteiger partial charge in [-0.05, 0) is 54.4 Å². The molecule has 4 rings (SSSR count). The van der Waals surface area contributed by atoms with Crippen LogP contribution >= 0.6 is 0 Å². The number of furan rings is 1. The Bertz CT molecular complexity index is 1280. The number of rotatable bonds is 5. The van der Waals surface area contributed by atoms with Crippen LogP contribution in [0, 0.1) is 0 Å². The minimum atomic E-state index is -3.42. The first-order chi connectivity index (χ1) is 15.7. The molecular formula is C24H25N3O5S. The van der Waals surface area contributed by atoms with Gasteiger partial charge in [0.15, 0.2) is 15.6 Å². The van der Waals surface area contributed by atoms with Gasteiger partial charge >= 0.3 is 0 Å². The van der Waals surface area contributed by atoms with Gasteiger partial charge in [0.25, 0.3) is 5.91 Å². The molecule has 0 spiro atoms. The summed E-state index contributed by atoms with van der Waals surface area (Å²) in [5.41, 5.74) is 8.19. The van der Waals surface area contributed by atoms with Crippen molar-refractivity contribution < 1.29 is 22.4 Å². The molecule has 2 amide bonds. The molecule has 1 aliphatic heterocycles. The Morgan fingerprint density at radius 1 is 1.06 bits per heavy atom. The summed E-state index contributed by atoms with van der Waals surface area (Å²) in [7, 11) is -3.42. The number of hydrogen-bond acceptors (Lipinski definition) is 6. The first-order valence-corrected chi connectivity index (χ1v) is 12.2. The van der Waals surface area contributed by atoms with Crippen LogP contribution in [0.25, 0.3) is 11.1 Å². The number of carbonyl (C=O) groups excluding carboxylic acids is 2. The molecule has 1 aromatic heterocycles. The lowest BCUT2D eigenvalue weighted by Gasteiger charge is -2.40. The molecule has 0 aliphatic carbocycles. The molecule has 0 unspecified atom stereocenters. The summed E-state index contributed by atoms with van der Waals surface area (Å²) >= 11 is 0. The number of anilines is 2. The van der Waals surface area contributed by atoms with E-state index in [0.717, 1.165) is 11.1 Å². The Morgan fingerprint density at radius 2 is 1.76 bits per heavy atom. The molecular weight excluding hydrogens is 442 g/mol. The number of carbonyl (C=O) groups is 2. The van der Waals surface area contributed by atoms with Crippen molar-refractivity contribution in [2.45, 2.75) is 24.8 Å². The molecule has 1 aliphatic rings. The van der Waals surface area contributed by atoms with E-state index in [1.165, 1.54) is 13.2 Å². The van der Waals surface area contributed by atoms with Crippen molar-refractivity contribution in [2.24, 2.45) is 5.73 Å². The van der Waals surface area contributed by atoms with Gasteiger partial charge in [0.2, 0.25) is 5.91 Å². The number of benzene rings is 2. The third-order valence-electron chi connectivity index (χ3n) is 5.66. The molecule has 2 aromatic carbocycles. The van der Waals surface area contributed by atoms with E-state index < -0.39 is 9.84 Å². The molecule has 172 valence electrons. The Morgan fingerprint density at radius 3 is 2.36 bits per heavy atom. The second-order valence-electron chi connectivity index (χ2n) is 7.97. The summed E-state index contributed by atoms with van der Waals surface area (Å²) in [5, 5.41) is 0. The summed E-state index contributed by atoms with van der Waals surface area (Å²) in [5.74, 6) is -0.314. The standard InChI is InChI=1S/C24H25N3O5S/c1-16-15-26(24(29)23-4-3-12-32-23)22-14-19(7-10-21(22)27(16)17(2)28)18-5-8-20(9-6-18)33(30,31)13-11-25/h3-10,12,14,16H,11,13,15,25H2,1-2H3/t16-/m0/s1. The highest BCUT2D eigenvalue weighted by molar-refractivity contribution is 7.91. The number of amides is 2. The molecule has 0 saturated heterocycles. The van der Waals surface area contributed by atoms with E-state index >= 15 is 0 Å². The second kappa shape index (κ2) is 8.84. The minimum Gasteiger partial charge on any atom is -0.459 e. The highest BCUT2D eigenvalue weighted by Gasteiger charge is 2.35. The molecule has 0 fully saturated rings. The summed E-state index contributed by atoms with van der Waals surface area (Å²) in [6.07, 6.45) is 1.44. The zero-order chi connectivity index (χ0) is 23.8. The molecule has 9 heteroatoms. The Balaban J connectivity index is 1.77. The zero-order valence-corrected chi connectivity index (χ0v) is 19.2. The van der Waals surface area contributed by atoms with E-state index in [2.05, 4.69) is 0 Å². The molecule has 2 N–H and O–H groups in total. The predicted molar refractivity (Wildman–Crippen MR) is 126 cm³/mol. The topological polar surface area (TPSA) is 114 Å². The van der Waals surface area contributed by atoms with Crippen molar-refractivity contribution in [1.29, 1.82) is 0 Å². The largest absolute Gasteiger partial charge is 0.459 e. The van der Waals surface area contributed by atoms with Crippen molar-refractivity contribution in [3.8, 4) is 11.1 Å². The van der Waals surface area contributed by atoms with E-state index in [9.17, 15) is 18.0 Å². The summed E-state index contributed by atoms with van der Waals surface area (Å²) in [4.78, 5) is 29.0. The van der Waals surface area contributed by atoms with Crippen molar-refractivity contribution in [1.82, 2.24) is 0 Å². The van der Waals surface area contributed by atoms with Crippen LogP contribution in [-0.2, 0) is 14.6 Å². The number of nitrogens with two attached hydrogens (primary N) is 1. The molecule has 33 heavy (non-hydrogen) atoms. The number of nitrogens with zero attached hydrogens (tertiary/aromatic N) is 2. The summed E-state index contributed by atoms with van der Waals surface area (Å²) in [6.45, 7) is 3.76. The molecule has 8 nitrogen and oxygen atoms in total. The van der Waals surface area contributed by atoms with Crippen LogP contribution in [0.15, 0.2) is 70.2 Å². The van der Waals surface area contributed by atoms with E-state index in [1.807, 2.05) is 25.1 Å². The quantitative estimate of drug-likeness (QED) is 0.617.